The van der Waals surface area contributed by atoms with Crippen LogP contribution in [-0.2, 0) is 16.0 Å². The predicted molar refractivity (Wildman–Crippen MR) is 98.8 cm³/mol. The van der Waals surface area contributed by atoms with Crippen LogP contribution in [0.3, 0.4) is 0 Å². The number of carbonyl (C=O) groups is 2. The molecule has 0 spiro atoms. The van der Waals surface area contributed by atoms with Gasteiger partial charge in [0.15, 0.2) is 0 Å². The SMILES string of the molecule is COc1ccc(Cl)cc1N1CC(C(=O)N2CCc3ccncc32)CC1=O. The van der Waals surface area contributed by atoms with Gasteiger partial charge in [0.2, 0.25) is 11.8 Å². The van der Waals surface area contributed by atoms with Crippen molar-refractivity contribution in [1.29, 1.82) is 0 Å². The second-order valence-electron chi connectivity index (χ2n) is 6.47. The number of hydrogen-bond donors (Lipinski definition) is 0. The van der Waals surface area contributed by atoms with E-state index in [2.05, 4.69) is 4.98 Å². The average molecular weight is 372 g/mol. The summed E-state index contributed by atoms with van der Waals surface area (Å²) >= 11 is 6.08. The number of carbonyl (C=O) groups excluding carboxylic acids is 2. The lowest BCUT2D eigenvalue weighted by atomic mass is 10.1. The summed E-state index contributed by atoms with van der Waals surface area (Å²) in [6.45, 7) is 0.950. The van der Waals surface area contributed by atoms with Gasteiger partial charge < -0.3 is 14.5 Å². The molecule has 1 saturated heterocycles. The topological polar surface area (TPSA) is 62.7 Å². The van der Waals surface area contributed by atoms with Crippen molar-refractivity contribution in [2.45, 2.75) is 12.8 Å². The molecule has 1 atom stereocenters. The standard InChI is InChI=1S/C19H18ClN3O3/c1-26-17-3-2-14(20)9-15(17)23-11-13(8-18(23)24)19(25)22-7-5-12-4-6-21-10-16(12)22/h2-4,6,9-10,13H,5,7-8,11H2,1H3. The molecule has 0 N–H and O–H groups in total. The second kappa shape index (κ2) is 6.61. The number of aromatic nitrogens is 1. The van der Waals surface area contributed by atoms with Gasteiger partial charge in [-0.3, -0.25) is 14.6 Å². The molecule has 3 heterocycles. The molecule has 1 aromatic heterocycles. The second-order valence-corrected chi connectivity index (χ2v) is 6.90. The Kier molecular flexibility index (Phi) is 4.28. The molecular formula is C19H18ClN3O3. The highest BCUT2D eigenvalue weighted by Crippen LogP contribution is 2.36. The molecule has 7 heteroatoms. The van der Waals surface area contributed by atoms with Crippen molar-refractivity contribution in [3.63, 3.8) is 0 Å². The zero-order chi connectivity index (χ0) is 18.3. The lowest BCUT2D eigenvalue weighted by molar-refractivity contribution is -0.124. The fourth-order valence-electron chi connectivity index (χ4n) is 3.65. The number of fused-ring (bicyclic) bond motifs is 1. The fraction of sp³-hybridized carbons (Fsp3) is 0.316. The number of amides is 2. The maximum absolute atomic E-state index is 13.0. The number of nitrogens with zero attached hydrogens (tertiary/aromatic N) is 3. The lowest BCUT2D eigenvalue weighted by Gasteiger charge is -2.22. The first-order chi connectivity index (χ1) is 12.6. The molecule has 134 valence electrons. The van der Waals surface area contributed by atoms with E-state index in [0.29, 0.717) is 29.5 Å². The van der Waals surface area contributed by atoms with Crippen molar-refractivity contribution >= 4 is 34.8 Å². The van der Waals surface area contributed by atoms with Crippen LogP contribution in [-0.4, -0.2) is 37.0 Å². The Hall–Kier alpha value is -2.60. The van der Waals surface area contributed by atoms with Crippen LogP contribution in [0.15, 0.2) is 36.7 Å². The van der Waals surface area contributed by atoms with Gasteiger partial charge in [0.05, 0.1) is 30.6 Å². The summed E-state index contributed by atoms with van der Waals surface area (Å²) < 4.78 is 5.35. The van der Waals surface area contributed by atoms with Gasteiger partial charge in [0, 0.05) is 30.7 Å². The van der Waals surface area contributed by atoms with E-state index in [0.717, 1.165) is 17.7 Å². The van der Waals surface area contributed by atoms with Crippen molar-refractivity contribution < 1.29 is 14.3 Å². The Morgan fingerprint density at radius 3 is 2.96 bits per heavy atom. The highest BCUT2D eigenvalue weighted by molar-refractivity contribution is 6.31. The van der Waals surface area contributed by atoms with Gasteiger partial charge in [-0.25, -0.2) is 0 Å². The van der Waals surface area contributed by atoms with Crippen LogP contribution in [0.1, 0.15) is 12.0 Å². The summed E-state index contributed by atoms with van der Waals surface area (Å²) in [6, 6.07) is 7.06. The minimum atomic E-state index is -0.391. The lowest BCUT2D eigenvalue weighted by Crippen LogP contribution is -2.36. The van der Waals surface area contributed by atoms with Gasteiger partial charge in [-0.15, -0.1) is 0 Å². The largest absolute Gasteiger partial charge is 0.495 e. The third-order valence-electron chi connectivity index (χ3n) is 4.96. The highest BCUT2D eigenvalue weighted by Gasteiger charge is 2.40. The number of ether oxygens (including phenoxy) is 1. The molecule has 2 amide bonds. The fourth-order valence-corrected chi connectivity index (χ4v) is 3.82. The summed E-state index contributed by atoms with van der Waals surface area (Å²) in [7, 11) is 1.55. The molecule has 1 fully saturated rings. The highest BCUT2D eigenvalue weighted by atomic mass is 35.5. The van der Waals surface area contributed by atoms with Crippen LogP contribution in [0.4, 0.5) is 11.4 Å². The summed E-state index contributed by atoms with van der Waals surface area (Å²) in [4.78, 5) is 33.1. The van der Waals surface area contributed by atoms with Crippen LogP contribution in [0.2, 0.25) is 5.02 Å². The van der Waals surface area contributed by atoms with E-state index >= 15 is 0 Å². The molecule has 4 rings (SSSR count). The summed E-state index contributed by atoms with van der Waals surface area (Å²) in [5.41, 5.74) is 2.57. The van der Waals surface area contributed by atoms with E-state index in [-0.39, 0.29) is 18.2 Å². The first-order valence-electron chi connectivity index (χ1n) is 8.46. The van der Waals surface area contributed by atoms with Gasteiger partial charge >= 0.3 is 0 Å². The van der Waals surface area contributed by atoms with Crippen LogP contribution >= 0.6 is 11.6 Å². The maximum atomic E-state index is 13.0. The van der Waals surface area contributed by atoms with Crippen molar-refractivity contribution in [2.24, 2.45) is 5.92 Å². The van der Waals surface area contributed by atoms with Gasteiger partial charge in [0.25, 0.3) is 0 Å². The van der Waals surface area contributed by atoms with E-state index in [1.165, 1.54) is 0 Å². The molecule has 2 aromatic rings. The van der Waals surface area contributed by atoms with Crippen LogP contribution in [0, 0.1) is 5.92 Å². The van der Waals surface area contributed by atoms with Gasteiger partial charge in [-0.05, 0) is 36.2 Å². The Balaban J connectivity index is 1.57. The minimum absolute atomic E-state index is 0.0337. The third-order valence-corrected chi connectivity index (χ3v) is 5.19. The zero-order valence-corrected chi connectivity index (χ0v) is 15.1. The molecule has 1 unspecified atom stereocenters. The molecule has 2 aliphatic rings. The molecule has 0 aliphatic carbocycles. The Morgan fingerprint density at radius 1 is 1.31 bits per heavy atom. The maximum Gasteiger partial charge on any atom is 0.232 e. The van der Waals surface area contributed by atoms with Crippen molar-refractivity contribution in [1.82, 2.24) is 4.98 Å². The van der Waals surface area contributed by atoms with Gasteiger partial charge in [-0.1, -0.05) is 11.6 Å². The molecule has 26 heavy (non-hydrogen) atoms. The number of benzene rings is 1. The summed E-state index contributed by atoms with van der Waals surface area (Å²) in [5.74, 6) is 0.0343. The normalized spacial score (nSPS) is 19.0. The molecule has 2 aliphatic heterocycles. The number of halogens is 1. The molecular weight excluding hydrogens is 354 g/mol. The summed E-state index contributed by atoms with van der Waals surface area (Å²) in [5, 5.41) is 0.517. The van der Waals surface area contributed by atoms with Gasteiger partial charge in [-0.2, -0.15) is 0 Å². The number of rotatable bonds is 3. The van der Waals surface area contributed by atoms with E-state index < -0.39 is 5.92 Å². The van der Waals surface area contributed by atoms with Crippen LogP contribution in [0.5, 0.6) is 5.75 Å². The first kappa shape index (κ1) is 16.8. The Morgan fingerprint density at radius 2 is 2.15 bits per heavy atom. The number of pyridine rings is 1. The number of hydrogen-bond acceptors (Lipinski definition) is 4. The first-order valence-corrected chi connectivity index (χ1v) is 8.84. The zero-order valence-electron chi connectivity index (χ0n) is 14.3. The van der Waals surface area contributed by atoms with Crippen molar-refractivity contribution in [2.75, 3.05) is 30.0 Å². The smallest absolute Gasteiger partial charge is 0.232 e. The Labute approximate surface area is 156 Å². The minimum Gasteiger partial charge on any atom is -0.495 e. The van der Waals surface area contributed by atoms with E-state index in [1.807, 2.05) is 6.07 Å². The van der Waals surface area contributed by atoms with Crippen molar-refractivity contribution in [3.8, 4) is 5.75 Å². The van der Waals surface area contributed by atoms with E-state index in [4.69, 9.17) is 16.3 Å². The molecule has 0 bridgehead atoms. The molecule has 0 radical (unpaired) electrons. The average Bonchev–Trinajstić information content (AvgIpc) is 3.25. The molecule has 6 nitrogen and oxygen atoms in total. The van der Waals surface area contributed by atoms with Crippen molar-refractivity contribution in [3.05, 3.63) is 47.2 Å². The van der Waals surface area contributed by atoms with E-state index in [9.17, 15) is 9.59 Å². The van der Waals surface area contributed by atoms with Crippen LogP contribution < -0.4 is 14.5 Å². The Bertz CT molecular complexity index is 886. The number of methoxy groups -OCH3 is 1. The molecule has 1 aromatic carbocycles. The molecule has 0 saturated carbocycles. The third kappa shape index (κ3) is 2.80. The van der Waals surface area contributed by atoms with Gasteiger partial charge in [0.1, 0.15) is 5.75 Å². The summed E-state index contributed by atoms with van der Waals surface area (Å²) in [6.07, 6.45) is 4.45. The monoisotopic (exact) mass is 371 g/mol. The predicted octanol–water partition coefficient (Wildman–Crippen LogP) is 2.69. The quantitative estimate of drug-likeness (QED) is 0.832. The van der Waals surface area contributed by atoms with E-state index in [1.54, 1.807) is 47.5 Å². The number of anilines is 2. The van der Waals surface area contributed by atoms with Crippen LogP contribution in [0.25, 0.3) is 0 Å².